The van der Waals surface area contributed by atoms with Crippen molar-refractivity contribution in [1.29, 1.82) is 0 Å². The Morgan fingerprint density at radius 1 is 1.24 bits per heavy atom. The van der Waals surface area contributed by atoms with E-state index >= 15 is 0 Å². The first-order valence-corrected chi connectivity index (χ1v) is 5.93. The van der Waals surface area contributed by atoms with Crippen LogP contribution in [0.25, 0.3) is 0 Å². The summed E-state index contributed by atoms with van der Waals surface area (Å²) in [5, 5.41) is 18.5. The maximum Gasteiger partial charge on any atom is 0.488 e. The van der Waals surface area contributed by atoms with Gasteiger partial charge in [0.25, 0.3) is 0 Å². The Labute approximate surface area is 106 Å². The molecule has 94 valence electrons. The smallest absolute Gasteiger partial charge is 0.488 e. The summed E-state index contributed by atoms with van der Waals surface area (Å²) in [5.41, 5.74) is 0.280. The number of halogens is 1. The molecule has 0 aromatic heterocycles. The third kappa shape index (κ3) is 3.80. The average molecular weight is 259 g/mol. The van der Waals surface area contributed by atoms with Crippen molar-refractivity contribution >= 4 is 24.2 Å². The van der Waals surface area contributed by atoms with Crippen molar-refractivity contribution in [3.63, 3.8) is 0 Å². The van der Waals surface area contributed by atoms with Crippen LogP contribution in [0.1, 0.15) is 20.3 Å². The fourth-order valence-electron chi connectivity index (χ4n) is 1.34. The van der Waals surface area contributed by atoms with E-state index in [-0.39, 0.29) is 5.46 Å². The Bertz CT molecular complexity index is 371. The highest BCUT2D eigenvalue weighted by atomic mass is 35.5. The molecule has 0 fully saturated rings. The van der Waals surface area contributed by atoms with Gasteiger partial charge in [0.15, 0.2) is 11.5 Å². The van der Waals surface area contributed by atoms with Crippen molar-refractivity contribution in [2.24, 2.45) is 0 Å². The van der Waals surface area contributed by atoms with Crippen molar-refractivity contribution in [2.75, 3.05) is 13.2 Å². The van der Waals surface area contributed by atoms with Gasteiger partial charge in [-0.1, -0.05) is 18.5 Å². The molecule has 0 aliphatic heterocycles. The van der Waals surface area contributed by atoms with Crippen LogP contribution in [0.5, 0.6) is 11.5 Å². The minimum Gasteiger partial charge on any atom is -0.490 e. The topological polar surface area (TPSA) is 58.9 Å². The van der Waals surface area contributed by atoms with E-state index < -0.39 is 7.12 Å². The summed E-state index contributed by atoms with van der Waals surface area (Å²) in [4.78, 5) is 0. The summed E-state index contributed by atoms with van der Waals surface area (Å²) < 4.78 is 10.9. The molecule has 2 N–H and O–H groups in total. The maximum atomic E-state index is 9.11. The zero-order chi connectivity index (χ0) is 12.8. The molecule has 0 amide bonds. The fourth-order valence-corrected chi connectivity index (χ4v) is 1.62. The molecule has 0 aliphatic carbocycles. The van der Waals surface area contributed by atoms with Crippen LogP contribution in [0.3, 0.4) is 0 Å². The molecule has 4 nitrogen and oxygen atoms in total. The molecule has 1 aromatic rings. The molecule has 1 rings (SSSR count). The Morgan fingerprint density at radius 2 is 1.94 bits per heavy atom. The van der Waals surface area contributed by atoms with Crippen molar-refractivity contribution < 1.29 is 19.5 Å². The van der Waals surface area contributed by atoms with E-state index in [1.807, 2.05) is 13.8 Å². The van der Waals surface area contributed by atoms with Crippen LogP contribution in [-0.2, 0) is 0 Å². The van der Waals surface area contributed by atoms with Crippen molar-refractivity contribution in [2.45, 2.75) is 20.3 Å². The molecule has 0 saturated carbocycles. The molecule has 0 radical (unpaired) electrons. The Kier molecular flexibility index (Phi) is 5.61. The van der Waals surface area contributed by atoms with Gasteiger partial charge in [-0.3, -0.25) is 0 Å². The van der Waals surface area contributed by atoms with E-state index in [4.69, 9.17) is 31.1 Å². The zero-order valence-corrected chi connectivity index (χ0v) is 10.7. The largest absolute Gasteiger partial charge is 0.490 e. The summed E-state index contributed by atoms with van der Waals surface area (Å²) >= 11 is 6.02. The molecule has 0 saturated heterocycles. The van der Waals surface area contributed by atoms with Gasteiger partial charge in [-0.25, -0.2) is 0 Å². The zero-order valence-electron chi connectivity index (χ0n) is 9.94. The Hall–Kier alpha value is -0.905. The number of hydrogen-bond acceptors (Lipinski definition) is 4. The second-order valence-electron chi connectivity index (χ2n) is 3.49. The van der Waals surface area contributed by atoms with E-state index in [2.05, 4.69) is 0 Å². The highest BCUT2D eigenvalue weighted by Gasteiger charge is 2.18. The molecule has 0 atom stereocenters. The molecular formula is C11H16BClO4. The molecule has 0 bridgehead atoms. The monoisotopic (exact) mass is 258 g/mol. The lowest BCUT2D eigenvalue weighted by Crippen LogP contribution is -2.30. The van der Waals surface area contributed by atoms with Crippen LogP contribution in [0.4, 0.5) is 0 Å². The van der Waals surface area contributed by atoms with Gasteiger partial charge < -0.3 is 19.5 Å². The van der Waals surface area contributed by atoms with E-state index in [0.717, 1.165) is 6.42 Å². The van der Waals surface area contributed by atoms with Crippen molar-refractivity contribution in [3.8, 4) is 11.5 Å². The summed E-state index contributed by atoms with van der Waals surface area (Å²) in [6, 6.07) is 2.98. The van der Waals surface area contributed by atoms with Gasteiger partial charge in [0.05, 0.1) is 18.2 Å². The van der Waals surface area contributed by atoms with Gasteiger partial charge in [-0.15, -0.1) is 0 Å². The lowest BCUT2D eigenvalue weighted by molar-refractivity contribution is 0.277. The number of benzene rings is 1. The predicted molar refractivity (Wildman–Crippen MR) is 68.2 cm³/mol. The van der Waals surface area contributed by atoms with Crippen LogP contribution in [0.2, 0.25) is 5.02 Å². The highest BCUT2D eigenvalue weighted by Crippen LogP contribution is 2.34. The van der Waals surface area contributed by atoms with Gasteiger partial charge in [0, 0.05) is 0 Å². The number of ether oxygens (including phenoxy) is 2. The molecule has 0 unspecified atom stereocenters. The van der Waals surface area contributed by atoms with Gasteiger partial charge in [-0.2, -0.15) is 0 Å². The maximum absolute atomic E-state index is 9.11. The van der Waals surface area contributed by atoms with Gasteiger partial charge >= 0.3 is 7.12 Å². The van der Waals surface area contributed by atoms with Gasteiger partial charge in [0.1, 0.15) is 0 Å². The average Bonchev–Trinajstić information content (AvgIpc) is 2.28. The number of rotatable bonds is 6. The summed E-state index contributed by atoms with van der Waals surface area (Å²) in [6.45, 7) is 4.80. The SMILES string of the molecule is CCCOc1c(Cl)cc(B(O)O)cc1OCC. The van der Waals surface area contributed by atoms with E-state index in [1.165, 1.54) is 12.1 Å². The second-order valence-corrected chi connectivity index (χ2v) is 3.89. The third-order valence-electron chi connectivity index (χ3n) is 2.08. The molecule has 6 heteroatoms. The lowest BCUT2D eigenvalue weighted by Gasteiger charge is -2.14. The van der Waals surface area contributed by atoms with Crippen LogP contribution in [0, 0.1) is 0 Å². The molecule has 17 heavy (non-hydrogen) atoms. The van der Waals surface area contributed by atoms with E-state index in [9.17, 15) is 0 Å². The highest BCUT2D eigenvalue weighted by molar-refractivity contribution is 6.59. The van der Waals surface area contributed by atoms with E-state index in [1.54, 1.807) is 0 Å². The summed E-state index contributed by atoms with van der Waals surface area (Å²) in [6.07, 6.45) is 0.853. The first-order chi connectivity index (χ1) is 8.10. The van der Waals surface area contributed by atoms with Crippen LogP contribution in [0.15, 0.2) is 12.1 Å². The van der Waals surface area contributed by atoms with E-state index in [0.29, 0.717) is 29.7 Å². The molecular weight excluding hydrogens is 242 g/mol. The van der Waals surface area contributed by atoms with Crippen molar-refractivity contribution in [3.05, 3.63) is 17.2 Å². The quantitative estimate of drug-likeness (QED) is 0.753. The normalized spacial score (nSPS) is 10.2. The van der Waals surface area contributed by atoms with Crippen LogP contribution < -0.4 is 14.9 Å². The second kappa shape index (κ2) is 6.74. The molecule has 0 heterocycles. The first kappa shape index (κ1) is 14.2. The van der Waals surface area contributed by atoms with Crippen molar-refractivity contribution in [1.82, 2.24) is 0 Å². The third-order valence-corrected chi connectivity index (χ3v) is 2.36. The predicted octanol–water partition coefficient (Wildman–Crippen LogP) is 1.21. The summed E-state index contributed by atoms with van der Waals surface area (Å²) in [7, 11) is -1.58. The van der Waals surface area contributed by atoms with Crippen LogP contribution >= 0.6 is 11.6 Å². The van der Waals surface area contributed by atoms with Crippen LogP contribution in [-0.4, -0.2) is 30.4 Å². The lowest BCUT2D eigenvalue weighted by atomic mass is 9.80. The first-order valence-electron chi connectivity index (χ1n) is 5.55. The Morgan fingerprint density at radius 3 is 2.47 bits per heavy atom. The molecule has 0 aliphatic rings. The van der Waals surface area contributed by atoms with Gasteiger partial charge in [-0.05, 0) is 30.9 Å². The van der Waals surface area contributed by atoms with Gasteiger partial charge in [0.2, 0.25) is 0 Å². The number of hydrogen-bond donors (Lipinski definition) is 2. The Balaban J connectivity index is 3.08. The fraction of sp³-hybridized carbons (Fsp3) is 0.455. The molecule has 1 aromatic carbocycles. The standard InChI is InChI=1S/C11H16BClO4/c1-3-5-17-11-9(13)6-8(12(14)15)7-10(11)16-4-2/h6-7,14-15H,3-5H2,1-2H3. The molecule has 0 spiro atoms. The minimum absolute atomic E-state index is 0.280. The minimum atomic E-state index is -1.58. The summed E-state index contributed by atoms with van der Waals surface area (Å²) in [5.74, 6) is 0.872.